The monoisotopic (exact) mass is 810 g/mol. The number of fused-ring (bicyclic) bond motifs is 2. The summed E-state index contributed by atoms with van der Waals surface area (Å²) in [4.78, 5) is 67.4. The molecule has 0 bridgehead atoms. The predicted molar refractivity (Wildman–Crippen MR) is 202 cm³/mol. The van der Waals surface area contributed by atoms with Crippen molar-refractivity contribution in [3.63, 3.8) is 0 Å². The Morgan fingerprint density at radius 3 is 1.45 bits per heavy atom. The predicted octanol–water partition coefficient (Wildman–Crippen LogP) is -5.43. The highest BCUT2D eigenvalue weighted by atomic mass is 16.3. The summed E-state index contributed by atoms with van der Waals surface area (Å²) in [5.74, 6) is -0.535. The molecule has 2 saturated carbocycles. The fourth-order valence-corrected chi connectivity index (χ4v) is 8.51. The number of hydrogen-bond donors (Lipinski definition) is 12. The van der Waals surface area contributed by atoms with Gasteiger partial charge in [0.05, 0.1) is 36.8 Å². The van der Waals surface area contributed by atoms with Crippen molar-refractivity contribution in [2.45, 2.75) is 86.4 Å². The zero-order valence-electron chi connectivity index (χ0n) is 31.0. The summed E-state index contributed by atoms with van der Waals surface area (Å²) in [6.45, 7) is 0.270. The van der Waals surface area contributed by atoms with Crippen molar-refractivity contribution in [3.05, 3.63) is 12.7 Å². The number of imidazole rings is 2. The molecule has 14 N–H and O–H groups in total. The van der Waals surface area contributed by atoms with Gasteiger partial charge in [-0.25, -0.2) is 14.8 Å². The Bertz CT molecular complexity index is 2050. The van der Waals surface area contributed by atoms with E-state index in [1.54, 1.807) is 9.13 Å². The summed E-state index contributed by atoms with van der Waals surface area (Å²) in [6, 6.07) is -3.87. The van der Waals surface area contributed by atoms with E-state index in [0.29, 0.717) is 73.2 Å². The first kappa shape index (κ1) is 39.1. The highest BCUT2D eigenvalue weighted by Crippen LogP contribution is 2.36. The summed E-state index contributed by atoms with van der Waals surface area (Å²) in [5.41, 5.74) is 13.8. The molecule has 0 spiro atoms. The lowest BCUT2D eigenvalue weighted by atomic mass is 10.2. The lowest BCUT2D eigenvalue weighted by Gasteiger charge is -2.21. The third kappa shape index (κ3) is 7.19. The molecule has 0 aromatic carbocycles. The van der Waals surface area contributed by atoms with E-state index in [1.807, 2.05) is 9.80 Å². The van der Waals surface area contributed by atoms with Crippen molar-refractivity contribution < 1.29 is 45.0 Å². The van der Waals surface area contributed by atoms with E-state index in [1.165, 1.54) is 12.7 Å². The Kier molecular flexibility index (Phi) is 10.5. The largest absolute Gasteiger partial charge is 0.388 e. The molecule has 25 heteroatoms. The van der Waals surface area contributed by atoms with Crippen molar-refractivity contribution >= 4 is 63.7 Å². The van der Waals surface area contributed by atoms with Crippen LogP contribution in [0.1, 0.15) is 37.8 Å². The lowest BCUT2D eigenvalue weighted by Crippen LogP contribution is -2.48. The highest BCUT2D eigenvalue weighted by Gasteiger charge is 2.45. The first-order valence-electron chi connectivity index (χ1n) is 18.9. The maximum Gasteiger partial charge on any atom is 0.315 e. The Morgan fingerprint density at radius 2 is 1.05 bits per heavy atom. The van der Waals surface area contributed by atoms with Crippen LogP contribution in [0.4, 0.5) is 28.3 Å². The number of amides is 4. The van der Waals surface area contributed by atoms with E-state index in [0.717, 1.165) is 0 Å². The summed E-state index contributed by atoms with van der Waals surface area (Å²) < 4.78 is 3.19. The van der Waals surface area contributed by atoms with Crippen molar-refractivity contribution in [2.24, 2.45) is 0 Å². The molecule has 4 amide bonds. The van der Waals surface area contributed by atoms with Crippen molar-refractivity contribution in [2.75, 3.05) is 60.7 Å². The minimum Gasteiger partial charge on any atom is -0.388 e. The topological polar surface area (TPSA) is 366 Å². The maximum absolute atomic E-state index is 13.2. The fraction of sp³-hybridized carbons (Fsp3) is 0.606. The number of anilines is 4. The molecule has 2 saturated heterocycles. The van der Waals surface area contributed by atoms with Crippen molar-refractivity contribution in [3.8, 4) is 0 Å². The number of nitrogens with two attached hydrogens (primary N) is 2. The third-order valence-corrected chi connectivity index (χ3v) is 11.5. The molecule has 312 valence electrons. The van der Waals surface area contributed by atoms with Gasteiger partial charge in [-0.1, -0.05) is 0 Å². The van der Waals surface area contributed by atoms with Crippen LogP contribution in [0.15, 0.2) is 12.7 Å². The van der Waals surface area contributed by atoms with Gasteiger partial charge < -0.3 is 82.3 Å². The van der Waals surface area contributed by atoms with Crippen LogP contribution in [0.2, 0.25) is 0 Å². The zero-order valence-corrected chi connectivity index (χ0v) is 31.0. The van der Waals surface area contributed by atoms with Crippen LogP contribution in [-0.4, -0.2) is 175 Å². The number of carbonyl (C=O) groups excluding carboxylic acids is 3. The van der Waals surface area contributed by atoms with Gasteiger partial charge in [-0.3, -0.25) is 9.59 Å². The molecule has 8 rings (SSSR count). The standard InChI is InChI=1S/C33H46N16O9/c34-27-21-29(48(11-36-21)17-5-15(23(54)25(17)56)40-19(52)9-50)44-31(42-27)46-3-1-13(7-46)38-33(58)39-14-2-4-47(8-14)32-43-28(35)22-30(45-32)49(12-37-22)18-6-16(24(55)26(18)57)41-20(53)10-51/h11-18,23-26,50-51,54-57H,1-10H2,(H,40,52)(H,41,53)(H2,34,42,44)(H2,35,43,45)(H2,38,39,58)/t13-,14-,15?,16?,17?,18?,23?,24?,25?,26?/m1/s1. The zero-order chi connectivity index (χ0) is 41.0. The molecular weight excluding hydrogens is 764 g/mol. The first-order valence-corrected chi connectivity index (χ1v) is 18.9. The van der Waals surface area contributed by atoms with Crippen LogP contribution in [-0.2, 0) is 9.59 Å². The molecule has 25 nitrogen and oxygen atoms in total. The van der Waals surface area contributed by atoms with Crippen LogP contribution in [0.5, 0.6) is 0 Å². The molecule has 4 fully saturated rings. The average molecular weight is 811 g/mol. The van der Waals surface area contributed by atoms with E-state index in [4.69, 9.17) is 31.6 Å². The number of aliphatic hydroxyl groups excluding tert-OH is 6. The second-order valence-corrected chi connectivity index (χ2v) is 15.2. The fourth-order valence-electron chi connectivity index (χ4n) is 8.51. The number of nitrogen functional groups attached to an aromatic ring is 2. The van der Waals surface area contributed by atoms with Crippen molar-refractivity contribution in [1.29, 1.82) is 0 Å². The number of urea groups is 1. The van der Waals surface area contributed by atoms with Gasteiger partial charge in [0.1, 0.15) is 48.7 Å². The molecule has 8 unspecified atom stereocenters. The first-order chi connectivity index (χ1) is 27.8. The number of nitrogens with zero attached hydrogens (tertiary/aromatic N) is 10. The molecule has 4 aromatic heterocycles. The smallest absolute Gasteiger partial charge is 0.315 e. The van der Waals surface area contributed by atoms with E-state index in [2.05, 4.69) is 41.2 Å². The number of aliphatic hydroxyl groups is 6. The van der Waals surface area contributed by atoms with Crippen LogP contribution >= 0.6 is 0 Å². The Hall–Kier alpha value is -5.73. The van der Waals surface area contributed by atoms with E-state index < -0.39 is 73.6 Å². The van der Waals surface area contributed by atoms with Gasteiger partial charge in [-0.2, -0.15) is 19.9 Å². The number of carbonyl (C=O) groups is 3. The van der Waals surface area contributed by atoms with Gasteiger partial charge in [0.15, 0.2) is 22.9 Å². The Balaban J connectivity index is 0.883. The van der Waals surface area contributed by atoms with Crippen LogP contribution < -0.4 is 42.5 Å². The second-order valence-electron chi connectivity index (χ2n) is 15.2. The molecule has 4 aliphatic rings. The third-order valence-electron chi connectivity index (χ3n) is 11.5. The molecule has 2 aliphatic heterocycles. The van der Waals surface area contributed by atoms with Gasteiger partial charge in [0.25, 0.3) is 0 Å². The second kappa shape index (κ2) is 15.6. The Labute approximate surface area is 328 Å². The molecule has 4 aromatic rings. The van der Waals surface area contributed by atoms with Gasteiger partial charge in [0, 0.05) is 38.3 Å². The molecule has 2 aliphatic carbocycles. The summed E-state index contributed by atoms with van der Waals surface area (Å²) >= 11 is 0. The normalized spacial score (nSPS) is 29.8. The van der Waals surface area contributed by atoms with E-state index in [-0.39, 0.29) is 42.6 Å². The molecule has 58 heavy (non-hydrogen) atoms. The molecule has 6 heterocycles. The molecule has 0 radical (unpaired) electrons. The van der Waals surface area contributed by atoms with E-state index >= 15 is 0 Å². The minimum atomic E-state index is -1.28. The van der Waals surface area contributed by atoms with Gasteiger partial charge in [-0.15, -0.1) is 0 Å². The van der Waals surface area contributed by atoms with Crippen molar-refractivity contribution in [1.82, 2.24) is 60.3 Å². The minimum absolute atomic E-state index is 0.110. The summed E-state index contributed by atoms with van der Waals surface area (Å²) in [7, 11) is 0. The van der Waals surface area contributed by atoms with Crippen LogP contribution in [0, 0.1) is 0 Å². The quantitative estimate of drug-likeness (QED) is 0.0711. The van der Waals surface area contributed by atoms with Gasteiger partial charge >= 0.3 is 6.03 Å². The molecular formula is C33H46N16O9. The molecule has 10 atom stereocenters. The van der Waals surface area contributed by atoms with Crippen LogP contribution in [0.25, 0.3) is 22.3 Å². The SMILES string of the molecule is Nc1nc(N2CC[C@@H](NC(=O)N[C@@H]3CCN(c4nc(N)c5ncn(C6CC(NC(=O)CO)C(O)C6O)c5n4)C3)C2)nc2c1ncn2C1CC(NC(=O)CO)C(O)C1O. The number of rotatable bonds is 10. The number of hydrogen-bond acceptors (Lipinski definition) is 19. The van der Waals surface area contributed by atoms with E-state index in [9.17, 15) is 34.8 Å². The Morgan fingerprint density at radius 1 is 0.638 bits per heavy atom. The lowest BCUT2D eigenvalue weighted by molar-refractivity contribution is -0.126. The number of nitrogens with one attached hydrogen (secondary N) is 4. The maximum atomic E-state index is 13.2. The average Bonchev–Trinajstić information content (AvgIpc) is 4.07. The van der Waals surface area contributed by atoms with Crippen LogP contribution in [0.3, 0.4) is 0 Å². The highest BCUT2D eigenvalue weighted by molar-refractivity contribution is 5.84. The summed E-state index contributed by atoms with van der Waals surface area (Å²) in [6.07, 6.45) is -0.719. The summed E-state index contributed by atoms with van der Waals surface area (Å²) in [5, 5.41) is 72.1. The number of aromatic nitrogens is 8. The van der Waals surface area contributed by atoms with Gasteiger partial charge in [-0.05, 0) is 25.7 Å². The van der Waals surface area contributed by atoms with Gasteiger partial charge in [0.2, 0.25) is 23.7 Å².